The molecule has 0 saturated heterocycles. The van der Waals surface area contributed by atoms with Crippen LogP contribution in [0.4, 0.5) is 11.4 Å². The lowest BCUT2D eigenvalue weighted by atomic mass is 10.2. The molecule has 118 valence electrons. The van der Waals surface area contributed by atoms with E-state index >= 15 is 0 Å². The Kier molecular flexibility index (Phi) is 4.67. The number of furan rings is 1. The summed E-state index contributed by atoms with van der Waals surface area (Å²) in [5, 5.41) is 6.76. The van der Waals surface area contributed by atoms with Crippen LogP contribution in [0.3, 0.4) is 0 Å². The zero-order chi connectivity index (χ0) is 16.1. The van der Waals surface area contributed by atoms with Crippen molar-refractivity contribution >= 4 is 11.4 Å². The van der Waals surface area contributed by atoms with Gasteiger partial charge < -0.3 is 15.1 Å². The number of hydrogen-bond acceptors (Lipinski definition) is 3. The first-order valence-electron chi connectivity index (χ1n) is 7.88. The van der Waals surface area contributed by atoms with E-state index in [0.29, 0.717) is 13.1 Å². The number of anilines is 2. The fourth-order valence-electron chi connectivity index (χ4n) is 2.50. The van der Waals surface area contributed by atoms with Crippen molar-refractivity contribution in [1.82, 2.24) is 0 Å². The average molecular weight is 306 g/mol. The average Bonchev–Trinajstić information content (AvgIpc) is 2.99. The van der Waals surface area contributed by atoms with E-state index in [-0.39, 0.29) is 0 Å². The summed E-state index contributed by atoms with van der Waals surface area (Å²) in [6.45, 7) is 5.56. The molecule has 0 amide bonds. The summed E-state index contributed by atoms with van der Waals surface area (Å²) in [4.78, 5) is 0. The van der Waals surface area contributed by atoms with E-state index in [1.54, 1.807) is 0 Å². The minimum Gasteiger partial charge on any atom is -0.462 e. The topological polar surface area (TPSA) is 37.2 Å². The van der Waals surface area contributed by atoms with Crippen molar-refractivity contribution in [3.05, 3.63) is 83.3 Å². The first-order chi connectivity index (χ1) is 11.2. The Hall–Kier alpha value is -2.68. The Morgan fingerprint density at radius 3 is 1.61 bits per heavy atom. The predicted octanol–water partition coefficient (Wildman–Crippen LogP) is 5.12. The van der Waals surface area contributed by atoms with Crippen LogP contribution in [0.15, 0.2) is 65.1 Å². The Bertz CT molecular complexity index is 713. The Balaban J connectivity index is 1.53. The van der Waals surface area contributed by atoms with E-state index < -0.39 is 0 Å². The minimum absolute atomic E-state index is 0.688. The van der Waals surface area contributed by atoms with Crippen LogP contribution in [0.25, 0.3) is 0 Å². The monoisotopic (exact) mass is 306 g/mol. The summed E-state index contributed by atoms with van der Waals surface area (Å²) in [6.07, 6.45) is 0. The first-order valence-corrected chi connectivity index (χ1v) is 7.88. The quantitative estimate of drug-likeness (QED) is 0.663. The lowest BCUT2D eigenvalue weighted by Crippen LogP contribution is -1.99. The SMILES string of the molecule is Cc1cccc(NCc2ccc(CNc3cccc(C)c3)o2)c1. The standard InChI is InChI=1S/C20H22N2O/c1-15-5-3-7-17(11-15)21-13-19-9-10-20(23-19)14-22-18-8-4-6-16(2)12-18/h3-12,21-22H,13-14H2,1-2H3. The van der Waals surface area contributed by atoms with Gasteiger partial charge in [-0.2, -0.15) is 0 Å². The van der Waals surface area contributed by atoms with Gasteiger partial charge in [-0.05, 0) is 61.4 Å². The highest BCUT2D eigenvalue weighted by molar-refractivity contribution is 5.46. The molecule has 3 nitrogen and oxygen atoms in total. The molecule has 0 aliphatic heterocycles. The maximum atomic E-state index is 5.86. The maximum absolute atomic E-state index is 5.86. The molecule has 0 spiro atoms. The van der Waals surface area contributed by atoms with Gasteiger partial charge in [-0.3, -0.25) is 0 Å². The highest BCUT2D eigenvalue weighted by atomic mass is 16.3. The van der Waals surface area contributed by atoms with E-state index in [9.17, 15) is 0 Å². The molecule has 2 aromatic carbocycles. The smallest absolute Gasteiger partial charge is 0.123 e. The number of hydrogen-bond donors (Lipinski definition) is 2. The molecule has 0 unspecified atom stereocenters. The van der Waals surface area contributed by atoms with E-state index in [0.717, 1.165) is 22.9 Å². The Morgan fingerprint density at radius 1 is 0.696 bits per heavy atom. The van der Waals surface area contributed by atoms with Gasteiger partial charge in [0.05, 0.1) is 13.1 Å². The summed E-state index contributed by atoms with van der Waals surface area (Å²) >= 11 is 0. The van der Waals surface area contributed by atoms with Crippen LogP contribution in [-0.4, -0.2) is 0 Å². The third kappa shape index (κ3) is 4.39. The van der Waals surface area contributed by atoms with Crippen LogP contribution in [-0.2, 0) is 13.1 Å². The van der Waals surface area contributed by atoms with Crippen LogP contribution in [0.1, 0.15) is 22.6 Å². The largest absolute Gasteiger partial charge is 0.462 e. The highest BCUT2D eigenvalue weighted by Gasteiger charge is 2.03. The molecule has 2 N–H and O–H groups in total. The van der Waals surface area contributed by atoms with Gasteiger partial charge in [0.15, 0.2) is 0 Å². The number of benzene rings is 2. The highest BCUT2D eigenvalue weighted by Crippen LogP contribution is 2.15. The molecule has 1 heterocycles. The van der Waals surface area contributed by atoms with Gasteiger partial charge in [0.2, 0.25) is 0 Å². The van der Waals surface area contributed by atoms with Gasteiger partial charge in [0.25, 0.3) is 0 Å². The molecule has 1 aromatic heterocycles. The molecule has 3 heteroatoms. The molecule has 0 aliphatic carbocycles. The van der Waals surface area contributed by atoms with Gasteiger partial charge in [0.1, 0.15) is 11.5 Å². The van der Waals surface area contributed by atoms with Gasteiger partial charge in [0, 0.05) is 11.4 Å². The molecular formula is C20H22N2O. The van der Waals surface area contributed by atoms with Crippen molar-refractivity contribution in [3.63, 3.8) is 0 Å². The molecule has 0 aliphatic rings. The van der Waals surface area contributed by atoms with Crippen LogP contribution in [0.5, 0.6) is 0 Å². The van der Waals surface area contributed by atoms with Crippen LogP contribution >= 0.6 is 0 Å². The molecule has 0 atom stereocenters. The Labute approximate surface area is 137 Å². The molecule has 0 bridgehead atoms. The van der Waals surface area contributed by atoms with Crippen molar-refractivity contribution in [2.45, 2.75) is 26.9 Å². The lowest BCUT2D eigenvalue weighted by Gasteiger charge is -2.06. The van der Waals surface area contributed by atoms with Crippen molar-refractivity contribution in [2.75, 3.05) is 10.6 Å². The number of rotatable bonds is 6. The van der Waals surface area contributed by atoms with Crippen molar-refractivity contribution < 1.29 is 4.42 Å². The van der Waals surface area contributed by atoms with Crippen molar-refractivity contribution in [2.24, 2.45) is 0 Å². The van der Waals surface area contributed by atoms with Crippen LogP contribution < -0.4 is 10.6 Å². The van der Waals surface area contributed by atoms with Gasteiger partial charge in [-0.1, -0.05) is 24.3 Å². The van der Waals surface area contributed by atoms with Crippen molar-refractivity contribution in [1.29, 1.82) is 0 Å². The molecule has 0 radical (unpaired) electrons. The zero-order valence-electron chi connectivity index (χ0n) is 13.6. The molecule has 3 rings (SSSR count). The Morgan fingerprint density at radius 2 is 1.17 bits per heavy atom. The fourth-order valence-corrected chi connectivity index (χ4v) is 2.50. The normalized spacial score (nSPS) is 10.5. The summed E-state index contributed by atoms with van der Waals surface area (Å²) < 4.78 is 5.86. The molecule has 3 aromatic rings. The second-order valence-corrected chi connectivity index (χ2v) is 5.81. The van der Waals surface area contributed by atoms with E-state index in [1.807, 2.05) is 12.1 Å². The summed E-state index contributed by atoms with van der Waals surface area (Å²) in [6, 6.07) is 20.7. The lowest BCUT2D eigenvalue weighted by molar-refractivity contribution is 0.477. The number of nitrogens with one attached hydrogen (secondary N) is 2. The summed E-state index contributed by atoms with van der Waals surface area (Å²) in [7, 11) is 0. The predicted molar refractivity (Wildman–Crippen MR) is 95.7 cm³/mol. The van der Waals surface area contributed by atoms with Crippen LogP contribution in [0.2, 0.25) is 0 Å². The zero-order valence-corrected chi connectivity index (χ0v) is 13.6. The van der Waals surface area contributed by atoms with Gasteiger partial charge >= 0.3 is 0 Å². The molecule has 0 fully saturated rings. The second kappa shape index (κ2) is 7.05. The van der Waals surface area contributed by atoms with E-state index in [1.165, 1.54) is 11.1 Å². The van der Waals surface area contributed by atoms with Crippen molar-refractivity contribution in [3.8, 4) is 0 Å². The fraction of sp³-hybridized carbons (Fsp3) is 0.200. The third-order valence-corrected chi connectivity index (χ3v) is 3.69. The van der Waals surface area contributed by atoms with E-state index in [4.69, 9.17) is 4.42 Å². The molecule has 0 saturated carbocycles. The van der Waals surface area contributed by atoms with Gasteiger partial charge in [-0.15, -0.1) is 0 Å². The van der Waals surface area contributed by atoms with Gasteiger partial charge in [-0.25, -0.2) is 0 Å². The van der Waals surface area contributed by atoms with Crippen LogP contribution in [0, 0.1) is 13.8 Å². The minimum atomic E-state index is 0.688. The second-order valence-electron chi connectivity index (χ2n) is 5.81. The number of aryl methyl sites for hydroxylation is 2. The third-order valence-electron chi connectivity index (χ3n) is 3.69. The summed E-state index contributed by atoms with van der Waals surface area (Å²) in [5.74, 6) is 1.88. The molecular weight excluding hydrogens is 284 g/mol. The van der Waals surface area contributed by atoms with E-state index in [2.05, 4.69) is 73.0 Å². The molecule has 23 heavy (non-hydrogen) atoms. The first kappa shape index (κ1) is 15.2. The summed E-state index contributed by atoms with van der Waals surface area (Å²) in [5.41, 5.74) is 4.72. The maximum Gasteiger partial charge on any atom is 0.123 e.